The molecule has 0 aromatic rings. The van der Waals surface area contributed by atoms with Crippen LogP contribution in [-0.4, -0.2) is 35.6 Å². The fraction of sp³-hybridized carbons (Fsp3) is 0.966. The molecule has 0 aliphatic carbocycles. The maximum absolute atomic E-state index is 12.7. The average molecular weight is 451 g/mol. The molecule has 0 aromatic heterocycles. The Morgan fingerprint density at radius 3 is 1.41 bits per heavy atom. The molecule has 1 fully saturated rings. The molecule has 1 saturated heterocycles. The van der Waals surface area contributed by atoms with Crippen molar-refractivity contribution in [2.24, 2.45) is 0 Å². The summed E-state index contributed by atoms with van der Waals surface area (Å²) in [6, 6.07) is 0. The van der Waals surface area contributed by atoms with E-state index in [1.54, 1.807) is 0 Å². The lowest BCUT2D eigenvalue weighted by atomic mass is 10.1. The summed E-state index contributed by atoms with van der Waals surface area (Å²) in [7, 11) is 0. The van der Waals surface area contributed by atoms with Crippen molar-refractivity contribution < 1.29 is 4.79 Å². The molecule has 0 unspecified atom stereocenters. The van der Waals surface area contributed by atoms with Crippen molar-refractivity contribution in [3.05, 3.63) is 0 Å². The molecule has 32 heavy (non-hydrogen) atoms. The van der Waals surface area contributed by atoms with Gasteiger partial charge in [-0.05, 0) is 25.7 Å². The SMILES string of the molecule is CCCCCCCCCCCCN(CCCCCCCCCCC)N1CCCCCC1=O. The smallest absolute Gasteiger partial charge is 0.236 e. The van der Waals surface area contributed by atoms with E-state index in [9.17, 15) is 4.79 Å². The summed E-state index contributed by atoms with van der Waals surface area (Å²) in [5.41, 5.74) is 0. The number of hydrogen-bond acceptors (Lipinski definition) is 2. The summed E-state index contributed by atoms with van der Waals surface area (Å²) >= 11 is 0. The molecule has 1 amide bonds. The van der Waals surface area contributed by atoms with Crippen molar-refractivity contribution in [1.82, 2.24) is 10.0 Å². The van der Waals surface area contributed by atoms with Crippen LogP contribution < -0.4 is 0 Å². The van der Waals surface area contributed by atoms with Gasteiger partial charge in [-0.3, -0.25) is 9.80 Å². The summed E-state index contributed by atoms with van der Waals surface area (Å²) in [5.74, 6) is 0.380. The summed E-state index contributed by atoms with van der Waals surface area (Å²) < 4.78 is 0. The zero-order valence-electron chi connectivity index (χ0n) is 22.2. The molecule has 0 bridgehead atoms. The third-order valence-electron chi connectivity index (χ3n) is 7.18. The van der Waals surface area contributed by atoms with Gasteiger partial charge < -0.3 is 0 Å². The number of rotatable bonds is 22. The van der Waals surface area contributed by atoms with E-state index in [0.717, 1.165) is 32.5 Å². The van der Waals surface area contributed by atoms with Gasteiger partial charge in [-0.15, -0.1) is 0 Å². The molecule has 0 N–H and O–H groups in total. The van der Waals surface area contributed by atoms with Crippen LogP contribution in [0.25, 0.3) is 0 Å². The lowest BCUT2D eigenvalue weighted by molar-refractivity contribution is -0.148. The predicted molar refractivity (Wildman–Crippen MR) is 141 cm³/mol. The van der Waals surface area contributed by atoms with E-state index in [2.05, 4.69) is 23.9 Å². The summed E-state index contributed by atoms with van der Waals surface area (Å²) in [4.78, 5) is 12.7. The minimum atomic E-state index is 0.380. The fourth-order valence-electron chi connectivity index (χ4n) is 5.01. The van der Waals surface area contributed by atoms with Crippen LogP contribution in [0.4, 0.5) is 0 Å². The van der Waals surface area contributed by atoms with Gasteiger partial charge in [0.15, 0.2) is 0 Å². The number of unbranched alkanes of at least 4 members (excludes halogenated alkanes) is 17. The third-order valence-corrected chi connectivity index (χ3v) is 7.18. The van der Waals surface area contributed by atoms with Gasteiger partial charge in [-0.2, -0.15) is 0 Å². The van der Waals surface area contributed by atoms with Crippen molar-refractivity contribution >= 4 is 5.91 Å². The normalized spacial score (nSPS) is 15.0. The van der Waals surface area contributed by atoms with Gasteiger partial charge in [-0.25, -0.2) is 5.01 Å². The van der Waals surface area contributed by atoms with Crippen LogP contribution in [0, 0.1) is 0 Å². The van der Waals surface area contributed by atoms with Crippen LogP contribution >= 0.6 is 0 Å². The number of carbonyl (C=O) groups is 1. The zero-order valence-corrected chi connectivity index (χ0v) is 22.2. The molecule has 1 aliphatic rings. The Morgan fingerprint density at radius 2 is 0.969 bits per heavy atom. The highest BCUT2D eigenvalue weighted by Gasteiger charge is 2.22. The Labute approximate surface area is 202 Å². The fourth-order valence-corrected chi connectivity index (χ4v) is 5.01. The van der Waals surface area contributed by atoms with Gasteiger partial charge in [0.25, 0.3) is 0 Å². The zero-order chi connectivity index (χ0) is 23.1. The topological polar surface area (TPSA) is 23.6 Å². The number of hydrazine groups is 1. The van der Waals surface area contributed by atoms with Gasteiger partial charge in [0.05, 0.1) is 0 Å². The number of carbonyl (C=O) groups excluding carboxylic acids is 1. The van der Waals surface area contributed by atoms with E-state index in [1.807, 2.05) is 0 Å². The van der Waals surface area contributed by atoms with Crippen LogP contribution in [0.2, 0.25) is 0 Å². The van der Waals surface area contributed by atoms with E-state index in [-0.39, 0.29) is 0 Å². The molecule has 0 radical (unpaired) electrons. The Bertz CT molecular complexity index is 412. The van der Waals surface area contributed by atoms with E-state index in [1.165, 1.54) is 135 Å². The minimum Gasteiger partial charge on any atom is -0.275 e. The van der Waals surface area contributed by atoms with Crippen molar-refractivity contribution in [1.29, 1.82) is 0 Å². The Hall–Kier alpha value is -0.570. The van der Waals surface area contributed by atoms with Crippen molar-refractivity contribution in [3.8, 4) is 0 Å². The number of amides is 1. The lowest BCUT2D eigenvalue weighted by Crippen LogP contribution is -2.47. The quantitative estimate of drug-likeness (QED) is 0.154. The molecule has 0 aromatic carbocycles. The molecule has 1 heterocycles. The first-order chi connectivity index (χ1) is 15.8. The van der Waals surface area contributed by atoms with Crippen molar-refractivity contribution in [2.45, 2.75) is 162 Å². The molecule has 190 valence electrons. The Kier molecular flexibility index (Phi) is 20.5. The van der Waals surface area contributed by atoms with Crippen LogP contribution in [0.5, 0.6) is 0 Å². The first kappa shape index (κ1) is 29.5. The first-order valence-electron chi connectivity index (χ1n) is 14.8. The molecule has 0 spiro atoms. The molecular weight excluding hydrogens is 392 g/mol. The predicted octanol–water partition coefficient (Wildman–Crippen LogP) is 9.06. The van der Waals surface area contributed by atoms with Gasteiger partial charge in [0, 0.05) is 26.1 Å². The summed E-state index contributed by atoms with van der Waals surface area (Å²) in [5, 5.41) is 4.59. The van der Waals surface area contributed by atoms with E-state index in [0.29, 0.717) is 5.91 Å². The molecule has 1 aliphatic heterocycles. The third kappa shape index (κ3) is 16.1. The molecule has 1 rings (SSSR count). The monoisotopic (exact) mass is 450 g/mol. The van der Waals surface area contributed by atoms with Gasteiger partial charge >= 0.3 is 0 Å². The molecule has 3 heteroatoms. The molecule has 0 saturated carbocycles. The minimum absolute atomic E-state index is 0.380. The van der Waals surface area contributed by atoms with Crippen LogP contribution in [-0.2, 0) is 4.79 Å². The summed E-state index contributed by atoms with van der Waals surface area (Å²) in [6.45, 7) is 7.70. The maximum atomic E-state index is 12.7. The maximum Gasteiger partial charge on any atom is 0.236 e. The molecule has 0 atom stereocenters. The van der Waals surface area contributed by atoms with E-state index in [4.69, 9.17) is 0 Å². The highest BCUT2D eigenvalue weighted by molar-refractivity contribution is 5.75. The number of nitrogens with zero attached hydrogens (tertiary/aromatic N) is 2. The van der Waals surface area contributed by atoms with Crippen molar-refractivity contribution in [3.63, 3.8) is 0 Å². The second kappa shape index (κ2) is 22.2. The Morgan fingerprint density at radius 1 is 0.562 bits per heavy atom. The molecular formula is C29H58N2O. The second-order valence-electron chi connectivity index (χ2n) is 10.3. The summed E-state index contributed by atoms with van der Waals surface area (Å²) in [6.07, 6.45) is 30.3. The van der Waals surface area contributed by atoms with Crippen LogP contribution in [0.1, 0.15) is 162 Å². The average Bonchev–Trinajstić information content (AvgIpc) is 3.02. The molecule has 3 nitrogen and oxygen atoms in total. The Balaban J connectivity index is 2.21. The highest BCUT2D eigenvalue weighted by Crippen LogP contribution is 2.17. The van der Waals surface area contributed by atoms with Crippen LogP contribution in [0.15, 0.2) is 0 Å². The second-order valence-corrected chi connectivity index (χ2v) is 10.3. The van der Waals surface area contributed by atoms with E-state index < -0.39 is 0 Å². The van der Waals surface area contributed by atoms with Crippen LogP contribution in [0.3, 0.4) is 0 Å². The van der Waals surface area contributed by atoms with Gasteiger partial charge in [0.1, 0.15) is 0 Å². The van der Waals surface area contributed by atoms with Gasteiger partial charge in [0.2, 0.25) is 5.91 Å². The largest absolute Gasteiger partial charge is 0.275 e. The number of hydrogen-bond donors (Lipinski definition) is 0. The standard InChI is InChI=1S/C29H58N2O/c1-3-5-7-9-11-13-15-17-19-23-27-30(31-28-24-20-21-25-29(31)32)26-22-18-16-14-12-10-8-6-4-2/h3-28H2,1-2H3. The first-order valence-corrected chi connectivity index (χ1v) is 14.8. The van der Waals surface area contributed by atoms with Gasteiger partial charge in [-0.1, -0.05) is 129 Å². The highest BCUT2D eigenvalue weighted by atomic mass is 16.2. The van der Waals surface area contributed by atoms with Crippen molar-refractivity contribution in [2.75, 3.05) is 19.6 Å². The lowest BCUT2D eigenvalue weighted by Gasteiger charge is -2.34. The van der Waals surface area contributed by atoms with E-state index >= 15 is 0 Å².